The molecule has 1 saturated carbocycles. The molecule has 0 bridgehead atoms. The first-order chi connectivity index (χ1) is 16.0. The average molecular weight is 477 g/mol. The lowest BCUT2D eigenvalue weighted by molar-refractivity contribution is -0.0501. The fourth-order valence-electron chi connectivity index (χ4n) is 4.68. The van der Waals surface area contributed by atoms with Gasteiger partial charge in [-0.05, 0) is 55.1 Å². The van der Waals surface area contributed by atoms with Gasteiger partial charge in [-0.25, -0.2) is 9.97 Å². The highest BCUT2D eigenvalue weighted by Crippen LogP contribution is 2.31. The summed E-state index contributed by atoms with van der Waals surface area (Å²) >= 11 is 0. The Labute approximate surface area is 201 Å². The van der Waals surface area contributed by atoms with Gasteiger partial charge >= 0.3 is 6.61 Å². The second-order valence-electron chi connectivity index (χ2n) is 10.8. The Hall–Kier alpha value is -2.51. The summed E-state index contributed by atoms with van der Waals surface area (Å²) in [6.07, 6.45) is 7.48. The largest absolute Gasteiger partial charge is 0.431 e. The zero-order chi connectivity index (χ0) is 25.0. The van der Waals surface area contributed by atoms with Gasteiger partial charge < -0.3 is 10.1 Å². The Morgan fingerprint density at radius 2 is 1.94 bits per heavy atom. The number of carbonyl (C=O) groups excluding carboxylic acids is 1. The number of alkyl halides is 2. The van der Waals surface area contributed by atoms with E-state index in [2.05, 4.69) is 43.0 Å². The van der Waals surface area contributed by atoms with Gasteiger partial charge in [0.15, 0.2) is 11.6 Å². The van der Waals surface area contributed by atoms with E-state index in [4.69, 9.17) is 4.74 Å². The lowest BCUT2D eigenvalue weighted by Gasteiger charge is -2.26. The smallest absolute Gasteiger partial charge is 0.387 e. The molecular formula is C26H38F2N4O2. The molecule has 188 valence electrons. The van der Waals surface area contributed by atoms with Crippen molar-refractivity contribution in [2.24, 2.45) is 17.3 Å². The molecule has 1 aliphatic rings. The molecule has 0 spiro atoms. The van der Waals surface area contributed by atoms with E-state index in [1.54, 1.807) is 23.8 Å². The van der Waals surface area contributed by atoms with Crippen molar-refractivity contribution in [2.75, 3.05) is 6.54 Å². The van der Waals surface area contributed by atoms with E-state index in [-0.39, 0.29) is 22.9 Å². The molecule has 0 aromatic carbocycles. The van der Waals surface area contributed by atoms with E-state index in [1.165, 1.54) is 12.8 Å². The van der Waals surface area contributed by atoms with Crippen LogP contribution in [0.3, 0.4) is 0 Å². The van der Waals surface area contributed by atoms with Crippen LogP contribution >= 0.6 is 0 Å². The van der Waals surface area contributed by atoms with Crippen LogP contribution in [0.4, 0.5) is 8.78 Å². The average Bonchev–Trinajstić information content (AvgIpc) is 3.08. The highest BCUT2D eigenvalue weighted by Gasteiger charge is 2.25. The maximum Gasteiger partial charge on any atom is 0.387 e. The standard InChI is InChI=1S/C26H38F2N4O2/c1-7-21-31-22(24(33)30-14-18-10-8-16(2)9-11-18)17(3)32(21)23-20(34-25(27)28)12-19(15-29-23)13-26(4,5)6/h12,15-16,18,25H,7-11,13-14H2,1-6H3,(H,30,33). The molecule has 3 rings (SSSR count). The van der Waals surface area contributed by atoms with Crippen molar-refractivity contribution in [3.63, 3.8) is 0 Å². The summed E-state index contributed by atoms with van der Waals surface area (Å²) in [5.74, 6) is 1.77. The summed E-state index contributed by atoms with van der Waals surface area (Å²) in [7, 11) is 0. The highest BCUT2D eigenvalue weighted by atomic mass is 19.3. The van der Waals surface area contributed by atoms with Crippen LogP contribution < -0.4 is 10.1 Å². The van der Waals surface area contributed by atoms with Gasteiger partial charge in [-0.2, -0.15) is 8.78 Å². The van der Waals surface area contributed by atoms with E-state index in [0.29, 0.717) is 42.5 Å². The number of aryl methyl sites for hydroxylation is 1. The predicted molar refractivity (Wildman–Crippen MR) is 129 cm³/mol. The quantitative estimate of drug-likeness (QED) is 0.516. The second-order valence-corrected chi connectivity index (χ2v) is 10.8. The highest BCUT2D eigenvalue weighted by molar-refractivity contribution is 5.93. The summed E-state index contributed by atoms with van der Waals surface area (Å²) in [6.45, 7) is 9.80. The Morgan fingerprint density at radius 3 is 2.53 bits per heavy atom. The van der Waals surface area contributed by atoms with Gasteiger partial charge in [0, 0.05) is 19.2 Å². The molecule has 0 saturated heterocycles. The molecule has 0 atom stereocenters. The maximum absolute atomic E-state index is 13.3. The van der Waals surface area contributed by atoms with Crippen LogP contribution in [0, 0.1) is 24.2 Å². The normalized spacial score (nSPS) is 18.9. The number of amides is 1. The summed E-state index contributed by atoms with van der Waals surface area (Å²) in [4.78, 5) is 22.0. The molecule has 34 heavy (non-hydrogen) atoms. The number of rotatable bonds is 8. The van der Waals surface area contributed by atoms with Crippen LogP contribution in [0.15, 0.2) is 12.3 Å². The molecule has 2 heterocycles. The van der Waals surface area contributed by atoms with Gasteiger partial charge in [-0.15, -0.1) is 0 Å². The minimum absolute atomic E-state index is 0.0183. The molecule has 1 fully saturated rings. The number of nitrogens with zero attached hydrogens (tertiary/aromatic N) is 3. The summed E-state index contributed by atoms with van der Waals surface area (Å²) < 4.78 is 33.1. The van der Waals surface area contributed by atoms with Crippen LogP contribution in [0.2, 0.25) is 0 Å². The summed E-state index contributed by atoms with van der Waals surface area (Å²) in [5.41, 5.74) is 1.63. The Morgan fingerprint density at radius 1 is 1.26 bits per heavy atom. The van der Waals surface area contributed by atoms with E-state index < -0.39 is 6.61 Å². The first kappa shape index (κ1) is 26.1. The monoisotopic (exact) mass is 476 g/mol. The van der Waals surface area contributed by atoms with Gasteiger partial charge in [0.05, 0.1) is 5.69 Å². The summed E-state index contributed by atoms with van der Waals surface area (Å²) in [6, 6.07) is 1.61. The molecule has 2 aromatic heterocycles. The van der Waals surface area contributed by atoms with Crippen molar-refractivity contribution in [2.45, 2.75) is 86.7 Å². The van der Waals surface area contributed by atoms with Gasteiger partial charge in [-0.1, -0.05) is 47.5 Å². The minimum Gasteiger partial charge on any atom is -0.431 e. The van der Waals surface area contributed by atoms with Gasteiger partial charge in [-0.3, -0.25) is 9.36 Å². The Balaban J connectivity index is 1.89. The zero-order valence-corrected chi connectivity index (χ0v) is 21.3. The SMILES string of the molecule is CCc1nc(C(=O)NCC2CCC(C)CC2)c(C)n1-c1ncc(CC(C)(C)C)cc1OC(F)F. The fraction of sp³-hybridized carbons (Fsp3) is 0.654. The second kappa shape index (κ2) is 10.8. The number of pyridine rings is 1. The lowest BCUT2D eigenvalue weighted by Crippen LogP contribution is -2.31. The lowest BCUT2D eigenvalue weighted by atomic mass is 9.83. The van der Waals surface area contributed by atoms with Crippen molar-refractivity contribution in [1.82, 2.24) is 19.9 Å². The van der Waals surface area contributed by atoms with Crippen LogP contribution in [0.1, 0.15) is 87.9 Å². The van der Waals surface area contributed by atoms with Crippen molar-refractivity contribution in [3.8, 4) is 11.6 Å². The van der Waals surface area contributed by atoms with Crippen molar-refractivity contribution < 1.29 is 18.3 Å². The number of ether oxygens (including phenoxy) is 1. The van der Waals surface area contributed by atoms with Crippen molar-refractivity contribution >= 4 is 5.91 Å². The number of hydrogen-bond acceptors (Lipinski definition) is 4. The molecule has 8 heteroatoms. The molecule has 0 radical (unpaired) electrons. The fourth-order valence-corrected chi connectivity index (χ4v) is 4.68. The number of aromatic nitrogens is 3. The topological polar surface area (TPSA) is 69.0 Å². The first-order valence-electron chi connectivity index (χ1n) is 12.3. The van der Waals surface area contributed by atoms with Gasteiger partial charge in [0.2, 0.25) is 0 Å². The summed E-state index contributed by atoms with van der Waals surface area (Å²) in [5, 5.41) is 3.04. The molecule has 1 amide bonds. The molecular weight excluding hydrogens is 438 g/mol. The minimum atomic E-state index is -2.99. The van der Waals surface area contributed by atoms with Crippen molar-refractivity contribution in [3.05, 3.63) is 35.0 Å². The molecule has 1 N–H and O–H groups in total. The first-order valence-corrected chi connectivity index (χ1v) is 12.3. The molecule has 6 nitrogen and oxygen atoms in total. The van der Waals surface area contributed by atoms with Crippen LogP contribution in [-0.4, -0.2) is 33.6 Å². The van der Waals surface area contributed by atoms with Crippen molar-refractivity contribution in [1.29, 1.82) is 0 Å². The van der Waals surface area contributed by atoms with E-state index in [1.807, 2.05) is 6.92 Å². The number of halogens is 2. The van der Waals surface area contributed by atoms with E-state index >= 15 is 0 Å². The molecule has 2 aromatic rings. The number of hydrogen-bond donors (Lipinski definition) is 1. The zero-order valence-electron chi connectivity index (χ0n) is 21.3. The predicted octanol–water partition coefficient (Wildman–Crippen LogP) is 5.88. The third-order valence-corrected chi connectivity index (χ3v) is 6.45. The Bertz CT molecular complexity index is 989. The van der Waals surface area contributed by atoms with E-state index in [9.17, 15) is 13.6 Å². The number of imidazole rings is 1. The third-order valence-electron chi connectivity index (χ3n) is 6.45. The van der Waals surface area contributed by atoms with E-state index in [0.717, 1.165) is 24.3 Å². The number of carbonyl (C=O) groups is 1. The van der Waals surface area contributed by atoms with Gasteiger partial charge in [0.25, 0.3) is 5.91 Å². The Kier molecular flexibility index (Phi) is 8.31. The third kappa shape index (κ3) is 6.54. The van der Waals surface area contributed by atoms with Crippen LogP contribution in [0.5, 0.6) is 5.75 Å². The van der Waals surface area contributed by atoms with Crippen LogP contribution in [-0.2, 0) is 12.8 Å². The molecule has 0 aliphatic heterocycles. The van der Waals surface area contributed by atoms with Gasteiger partial charge in [0.1, 0.15) is 11.5 Å². The number of nitrogens with one attached hydrogen (secondary N) is 1. The molecule has 1 aliphatic carbocycles. The molecule has 0 unspecified atom stereocenters. The van der Waals surface area contributed by atoms with Crippen LogP contribution in [0.25, 0.3) is 5.82 Å². The maximum atomic E-state index is 13.3.